The van der Waals surface area contributed by atoms with Crippen molar-refractivity contribution in [3.8, 4) is 11.5 Å². The largest absolute Gasteiger partial charge is 0.493 e. The summed E-state index contributed by atoms with van der Waals surface area (Å²) in [7, 11) is 0. The quantitative estimate of drug-likeness (QED) is 0.272. The average Bonchev–Trinajstić information content (AvgIpc) is 2.75. The van der Waals surface area contributed by atoms with Gasteiger partial charge in [0.2, 0.25) is 0 Å². The molecule has 31 heavy (non-hydrogen) atoms. The molecule has 3 aromatic rings. The number of carbonyl (C=O) groups is 1. The minimum absolute atomic E-state index is 0.198. The van der Waals surface area contributed by atoms with E-state index in [9.17, 15) is 4.79 Å². The highest BCUT2D eigenvalue weighted by molar-refractivity contribution is 9.10. The van der Waals surface area contributed by atoms with Crippen LogP contribution in [0.3, 0.4) is 0 Å². The van der Waals surface area contributed by atoms with Crippen molar-refractivity contribution in [2.75, 3.05) is 6.61 Å². The van der Waals surface area contributed by atoms with Crippen LogP contribution in [0.1, 0.15) is 28.4 Å². The zero-order chi connectivity index (χ0) is 22.2. The van der Waals surface area contributed by atoms with Crippen LogP contribution in [0.5, 0.6) is 11.5 Å². The van der Waals surface area contributed by atoms with Crippen molar-refractivity contribution in [1.29, 1.82) is 0 Å². The van der Waals surface area contributed by atoms with Gasteiger partial charge in [-0.05, 0) is 70.9 Å². The van der Waals surface area contributed by atoms with E-state index in [-0.39, 0.29) is 12.5 Å². The number of nitrogens with one attached hydrogen (secondary N) is 1. The van der Waals surface area contributed by atoms with Crippen LogP contribution in [0.15, 0.2) is 70.2 Å². The van der Waals surface area contributed by atoms with E-state index >= 15 is 0 Å². The molecule has 0 aliphatic heterocycles. The summed E-state index contributed by atoms with van der Waals surface area (Å²) in [6.07, 6.45) is 1.55. The molecule has 0 unspecified atom stereocenters. The number of amides is 1. The number of para-hydroxylation sites is 1. The lowest BCUT2D eigenvalue weighted by Gasteiger charge is -2.11. The summed E-state index contributed by atoms with van der Waals surface area (Å²) in [5.74, 6) is 0.777. The van der Waals surface area contributed by atoms with E-state index in [1.165, 1.54) is 0 Å². The van der Waals surface area contributed by atoms with Gasteiger partial charge in [-0.3, -0.25) is 4.79 Å². The SMILES string of the molecule is CCOc1ccc(/C=N/NC(=O)c2ccccc2OCc2ccc(Cl)cc2Cl)cc1Br. The second kappa shape index (κ2) is 11.2. The molecule has 1 amide bonds. The van der Waals surface area contributed by atoms with Gasteiger partial charge in [0.1, 0.15) is 18.1 Å². The Morgan fingerprint density at radius 1 is 1.06 bits per heavy atom. The lowest BCUT2D eigenvalue weighted by molar-refractivity contribution is 0.0950. The fourth-order valence-electron chi connectivity index (χ4n) is 2.67. The number of carbonyl (C=O) groups excluding carboxylic acids is 1. The molecular formula is C23H19BrCl2N2O3. The molecule has 0 aliphatic rings. The van der Waals surface area contributed by atoms with Gasteiger partial charge >= 0.3 is 0 Å². The molecule has 160 valence electrons. The molecule has 0 radical (unpaired) electrons. The standard InChI is InChI=1S/C23H19BrCl2N2O3/c1-2-30-22-10-7-15(11-19(22)24)13-27-28-23(29)18-5-3-4-6-21(18)31-14-16-8-9-17(25)12-20(16)26/h3-13H,2,14H2,1H3,(H,28,29)/b27-13+. The fourth-order valence-corrected chi connectivity index (χ4v) is 3.64. The molecule has 0 bridgehead atoms. The van der Waals surface area contributed by atoms with E-state index in [2.05, 4.69) is 26.5 Å². The van der Waals surface area contributed by atoms with Crippen LogP contribution in [-0.2, 0) is 6.61 Å². The first-order chi connectivity index (χ1) is 15.0. The van der Waals surface area contributed by atoms with Crippen LogP contribution >= 0.6 is 39.1 Å². The molecule has 0 fully saturated rings. The maximum absolute atomic E-state index is 12.6. The normalized spacial score (nSPS) is 10.8. The lowest BCUT2D eigenvalue weighted by atomic mass is 10.2. The van der Waals surface area contributed by atoms with Crippen molar-refractivity contribution in [2.24, 2.45) is 5.10 Å². The molecule has 3 aromatic carbocycles. The molecular weight excluding hydrogens is 503 g/mol. The molecule has 0 atom stereocenters. The molecule has 3 rings (SSSR count). The van der Waals surface area contributed by atoms with Gasteiger partial charge in [0.05, 0.1) is 22.9 Å². The zero-order valence-corrected chi connectivity index (χ0v) is 19.7. The van der Waals surface area contributed by atoms with E-state index < -0.39 is 0 Å². The van der Waals surface area contributed by atoms with E-state index in [0.29, 0.717) is 28.0 Å². The van der Waals surface area contributed by atoms with Gasteiger partial charge in [0, 0.05) is 15.6 Å². The number of hydrogen-bond donors (Lipinski definition) is 1. The summed E-state index contributed by atoms with van der Waals surface area (Å²) >= 11 is 15.6. The zero-order valence-electron chi connectivity index (χ0n) is 16.6. The third kappa shape index (κ3) is 6.47. The highest BCUT2D eigenvalue weighted by Gasteiger charge is 2.12. The topological polar surface area (TPSA) is 59.9 Å². The van der Waals surface area contributed by atoms with Crippen LogP contribution in [0, 0.1) is 0 Å². The minimum Gasteiger partial charge on any atom is -0.493 e. The Morgan fingerprint density at radius 3 is 2.61 bits per heavy atom. The first kappa shape index (κ1) is 23.1. The van der Waals surface area contributed by atoms with E-state index in [4.69, 9.17) is 32.7 Å². The number of benzene rings is 3. The molecule has 0 heterocycles. The fraction of sp³-hybridized carbons (Fsp3) is 0.130. The molecule has 0 aliphatic carbocycles. The molecule has 1 N–H and O–H groups in total. The summed E-state index contributed by atoms with van der Waals surface area (Å²) in [5, 5.41) is 5.09. The summed E-state index contributed by atoms with van der Waals surface area (Å²) < 4.78 is 12.1. The van der Waals surface area contributed by atoms with Crippen LogP contribution in [-0.4, -0.2) is 18.7 Å². The van der Waals surface area contributed by atoms with Gasteiger partial charge in [-0.15, -0.1) is 0 Å². The summed E-state index contributed by atoms with van der Waals surface area (Å²) in [6, 6.07) is 17.6. The number of hydrogen-bond acceptors (Lipinski definition) is 4. The number of hydrazone groups is 1. The van der Waals surface area contributed by atoms with E-state index in [0.717, 1.165) is 21.3 Å². The van der Waals surface area contributed by atoms with Crippen molar-refractivity contribution in [3.05, 3.63) is 91.9 Å². The van der Waals surface area contributed by atoms with Crippen LogP contribution in [0.4, 0.5) is 0 Å². The summed E-state index contributed by atoms with van der Waals surface area (Å²) in [4.78, 5) is 12.6. The molecule has 0 spiro atoms. The molecule has 0 saturated heterocycles. The van der Waals surface area contributed by atoms with E-state index in [1.54, 1.807) is 48.7 Å². The Morgan fingerprint density at radius 2 is 1.87 bits per heavy atom. The van der Waals surface area contributed by atoms with Gasteiger partial charge in [-0.2, -0.15) is 5.10 Å². The predicted molar refractivity (Wildman–Crippen MR) is 128 cm³/mol. The van der Waals surface area contributed by atoms with Crippen LogP contribution in [0.2, 0.25) is 10.0 Å². The molecule has 5 nitrogen and oxygen atoms in total. The maximum atomic E-state index is 12.6. The van der Waals surface area contributed by atoms with Gasteiger partial charge in [-0.25, -0.2) is 5.43 Å². The second-order valence-corrected chi connectivity index (χ2v) is 8.04. The first-order valence-corrected chi connectivity index (χ1v) is 10.9. The second-order valence-electron chi connectivity index (χ2n) is 6.34. The summed E-state index contributed by atoms with van der Waals surface area (Å²) in [6.45, 7) is 2.69. The maximum Gasteiger partial charge on any atom is 0.275 e. The highest BCUT2D eigenvalue weighted by atomic mass is 79.9. The monoisotopic (exact) mass is 520 g/mol. The van der Waals surface area contributed by atoms with Crippen molar-refractivity contribution >= 4 is 51.3 Å². The number of halogens is 3. The van der Waals surface area contributed by atoms with Crippen LogP contribution in [0.25, 0.3) is 0 Å². The van der Waals surface area contributed by atoms with Gasteiger partial charge in [0.15, 0.2) is 0 Å². The van der Waals surface area contributed by atoms with Crippen molar-refractivity contribution in [1.82, 2.24) is 5.43 Å². The Balaban J connectivity index is 1.65. The smallest absolute Gasteiger partial charge is 0.275 e. The van der Waals surface area contributed by atoms with Crippen LogP contribution < -0.4 is 14.9 Å². The Kier molecular flexibility index (Phi) is 8.35. The first-order valence-electron chi connectivity index (χ1n) is 9.39. The van der Waals surface area contributed by atoms with Gasteiger partial charge < -0.3 is 9.47 Å². The Hall–Kier alpha value is -2.54. The molecule has 8 heteroatoms. The summed E-state index contributed by atoms with van der Waals surface area (Å²) in [5.41, 5.74) is 4.45. The highest BCUT2D eigenvalue weighted by Crippen LogP contribution is 2.26. The average molecular weight is 522 g/mol. The number of rotatable bonds is 8. The van der Waals surface area contributed by atoms with E-state index in [1.807, 2.05) is 25.1 Å². The van der Waals surface area contributed by atoms with Crippen molar-refractivity contribution in [3.63, 3.8) is 0 Å². The molecule has 0 aromatic heterocycles. The van der Waals surface area contributed by atoms with Crippen molar-refractivity contribution in [2.45, 2.75) is 13.5 Å². The number of nitrogens with zero attached hydrogens (tertiary/aromatic N) is 1. The van der Waals surface area contributed by atoms with Gasteiger partial charge in [-0.1, -0.05) is 41.4 Å². The third-order valence-electron chi connectivity index (χ3n) is 4.17. The molecule has 0 saturated carbocycles. The minimum atomic E-state index is -0.390. The van der Waals surface area contributed by atoms with Crippen molar-refractivity contribution < 1.29 is 14.3 Å². The Bertz CT molecular complexity index is 1110. The third-order valence-corrected chi connectivity index (χ3v) is 5.37. The lowest BCUT2D eigenvalue weighted by Crippen LogP contribution is -2.18. The number of ether oxygens (including phenoxy) is 2. The van der Waals surface area contributed by atoms with Gasteiger partial charge in [0.25, 0.3) is 5.91 Å². The Labute approximate surface area is 199 Å². The predicted octanol–water partition coefficient (Wildman–Crippen LogP) is 6.50.